The molecule has 0 aliphatic rings. The standard InChI is InChI=1S/C27H31FN4O4S/c1-13(2)29-25(33)18-10-16-17(12-32(7)26(34)22(16)31-18)23-19(11-20(37-23)24(28)27(5,6)35)36-21-9-14(3)8-15(4)30-21/h8-13,24,31,35H,1-7H3,(H,29,33). The summed E-state index contributed by atoms with van der Waals surface area (Å²) in [7, 11) is 1.61. The van der Waals surface area contributed by atoms with Crippen LogP contribution >= 0.6 is 11.3 Å². The molecule has 4 rings (SSSR count). The smallest absolute Gasteiger partial charge is 0.274 e. The molecule has 4 aromatic heterocycles. The lowest BCUT2D eigenvalue weighted by atomic mass is 10.0. The van der Waals surface area contributed by atoms with Gasteiger partial charge in [0.1, 0.15) is 17.0 Å². The van der Waals surface area contributed by atoms with Gasteiger partial charge in [-0.2, -0.15) is 0 Å². The highest BCUT2D eigenvalue weighted by atomic mass is 32.1. The summed E-state index contributed by atoms with van der Waals surface area (Å²) in [6, 6.07) is 6.77. The normalized spacial score (nSPS) is 12.8. The minimum Gasteiger partial charge on any atom is -0.437 e. The molecule has 1 atom stereocenters. The van der Waals surface area contributed by atoms with Gasteiger partial charge in [0.15, 0.2) is 6.17 Å². The third-order valence-electron chi connectivity index (χ3n) is 5.75. The summed E-state index contributed by atoms with van der Waals surface area (Å²) in [5.74, 6) is 0.334. The molecule has 37 heavy (non-hydrogen) atoms. The molecule has 0 fully saturated rings. The number of rotatable bonds is 7. The second-order valence-electron chi connectivity index (χ2n) is 10.1. The van der Waals surface area contributed by atoms with Crippen molar-refractivity contribution >= 4 is 28.1 Å². The average Bonchev–Trinajstić information content (AvgIpc) is 3.39. The highest BCUT2D eigenvalue weighted by Crippen LogP contribution is 2.47. The molecule has 0 radical (unpaired) electrons. The zero-order chi connectivity index (χ0) is 27.2. The number of ether oxygens (including phenoxy) is 1. The Bertz CT molecular complexity index is 1520. The molecule has 4 aromatic rings. The zero-order valence-corrected chi connectivity index (χ0v) is 22.7. The van der Waals surface area contributed by atoms with Crippen molar-refractivity contribution in [2.24, 2.45) is 7.05 Å². The van der Waals surface area contributed by atoms with E-state index in [0.29, 0.717) is 27.5 Å². The predicted octanol–water partition coefficient (Wildman–Crippen LogP) is 5.32. The van der Waals surface area contributed by atoms with Crippen LogP contribution in [0.1, 0.15) is 60.5 Å². The lowest BCUT2D eigenvalue weighted by Crippen LogP contribution is -2.30. The molecule has 1 unspecified atom stereocenters. The van der Waals surface area contributed by atoms with E-state index >= 15 is 4.39 Å². The number of hydrogen-bond donors (Lipinski definition) is 3. The molecular formula is C27H31FN4O4S. The van der Waals surface area contributed by atoms with Gasteiger partial charge in [-0.3, -0.25) is 9.59 Å². The molecule has 196 valence electrons. The van der Waals surface area contributed by atoms with Crippen LogP contribution in [0, 0.1) is 13.8 Å². The number of nitrogens with one attached hydrogen (secondary N) is 2. The summed E-state index contributed by atoms with van der Waals surface area (Å²) in [5, 5.41) is 13.7. The number of nitrogens with zero attached hydrogens (tertiary/aromatic N) is 2. The van der Waals surface area contributed by atoms with Gasteiger partial charge in [0, 0.05) is 46.9 Å². The van der Waals surface area contributed by atoms with Gasteiger partial charge in [0.05, 0.1) is 10.5 Å². The van der Waals surface area contributed by atoms with Crippen LogP contribution < -0.4 is 15.6 Å². The summed E-state index contributed by atoms with van der Waals surface area (Å²) >= 11 is 1.12. The van der Waals surface area contributed by atoms with Crippen molar-refractivity contribution in [1.82, 2.24) is 19.9 Å². The molecule has 10 heteroatoms. The summed E-state index contributed by atoms with van der Waals surface area (Å²) in [5.41, 5.74) is 0.861. The van der Waals surface area contributed by atoms with Crippen LogP contribution in [0.3, 0.4) is 0 Å². The molecule has 0 aliphatic carbocycles. The first-order valence-electron chi connectivity index (χ1n) is 11.9. The number of carbonyl (C=O) groups excluding carboxylic acids is 1. The number of thiophene rings is 1. The second-order valence-corrected chi connectivity index (χ2v) is 11.2. The number of amides is 1. The van der Waals surface area contributed by atoms with E-state index in [1.165, 1.54) is 18.4 Å². The molecule has 0 aliphatic heterocycles. The van der Waals surface area contributed by atoms with E-state index < -0.39 is 11.8 Å². The summed E-state index contributed by atoms with van der Waals surface area (Å²) in [4.78, 5) is 33.8. The molecular weight excluding hydrogens is 495 g/mol. The van der Waals surface area contributed by atoms with Crippen LogP contribution in [0.25, 0.3) is 21.3 Å². The van der Waals surface area contributed by atoms with Crippen molar-refractivity contribution in [3.05, 3.63) is 62.6 Å². The van der Waals surface area contributed by atoms with Gasteiger partial charge in [0.25, 0.3) is 11.5 Å². The number of carbonyl (C=O) groups is 1. The third kappa shape index (κ3) is 5.45. The monoisotopic (exact) mass is 526 g/mol. The largest absolute Gasteiger partial charge is 0.437 e. The number of hydrogen-bond acceptors (Lipinski definition) is 6. The van der Waals surface area contributed by atoms with Crippen molar-refractivity contribution < 1.29 is 19.0 Å². The number of aromatic amines is 1. The minimum absolute atomic E-state index is 0.0883. The van der Waals surface area contributed by atoms with Crippen LogP contribution in [-0.4, -0.2) is 37.2 Å². The molecule has 0 aromatic carbocycles. The van der Waals surface area contributed by atoms with Crippen molar-refractivity contribution in [1.29, 1.82) is 0 Å². The van der Waals surface area contributed by atoms with Crippen molar-refractivity contribution in [3.8, 4) is 22.1 Å². The molecule has 0 spiro atoms. The van der Waals surface area contributed by atoms with E-state index in [1.807, 2.05) is 33.8 Å². The molecule has 1 amide bonds. The molecule has 8 nitrogen and oxygen atoms in total. The molecule has 0 saturated heterocycles. The van der Waals surface area contributed by atoms with Crippen LogP contribution in [0.5, 0.6) is 11.6 Å². The van der Waals surface area contributed by atoms with Crippen LogP contribution in [0.4, 0.5) is 4.39 Å². The van der Waals surface area contributed by atoms with Gasteiger partial charge < -0.3 is 24.7 Å². The number of pyridine rings is 2. The Labute approximate surface area is 218 Å². The maximum atomic E-state index is 15.3. The van der Waals surface area contributed by atoms with Crippen molar-refractivity contribution in [2.45, 2.75) is 59.4 Å². The lowest BCUT2D eigenvalue weighted by molar-refractivity contribution is -0.00260. The minimum atomic E-state index is -1.68. The Hall–Kier alpha value is -3.50. The number of aryl methyl sites for hydroxylation is 3. The predicted molar refractivity (Wildman–Crippen MR) is 143 cm³/mol. The van der Waals surface area contributed by atoms with E-state index in [9.17, 15) is 14.7 Å². The SMILES string of the molecule is Cc1cc(C)nc(Oc2cc(C(F)C(C)(C)O)sc2-c2cn(C)c(=O)c3[nH]c(C(=O)NC(C)C)cc23)c1. The first-order chi connectivity index (χ1) is 17.2. The van der Waals surface area contributed by atoms with E-state index in [-0.39, 0.29) is 33.6 Å². The van der Waals surface area contributed by atoms with Gasteiger partial charge in [-0.1, -0.05) is 0 Å². The van der Waals surface area contributed by atoms with Crippen molar-refractivity contribution in [2.75, 3.05) is 0 Å². The zero-order valence-electron chi connectivity index (χ0n) is 21.9. The third-order valence-corrected chi connectivity index (χ3v) is 6.94. The van der Waals surface area contributed by atoms with Gasteiger partial charge in [0.2, 0.25) is 5.88 Å². The van der Waals surface area contributed by atoms with E-state index in [4.69, 9.17) is 4.74 Å². The Morgan fingerprint density at radius 3 is 2.57 bits per heavy atom. The molecule has 4 heterocycles. The number of aliphatic hydroxyl groups is 1. The Kier molecular flexibility index (Phi) is 7.00. The Morgan fingerprint density at radius 1 is 1.24 bits per heavy atom. The topological polar surface area (TPSA) is 109 Å². The highest BCUT2D eigenvalue weighted by Gasteiger charge is 2.32. The van der Waals surface area contributed by atoms with E-state index in [0.717, 1.165) is 22.6 Å². The number of alkyl halides is 1. The average molecular weight is 527 g/mol. The fourth-order valence-corrected chi connectivity index (χ4v) is 5.34. The number of halogens is 1. The summed E-state index contributed by atoms with van der Waals surface area (Å²) in [6.45, 7) is 10.3. The first kappa shape index (κ1) is 26.6. The molecule has 3 N–H and O–H groups in total. The van der Waals surface area contributed by atoms with Crippen LogP contribution in [-0.2, 0) is 7.05 Å². The van der Waals surface area contributed by atoms with Gasteiger partial charge in [-0.05, 0) is 65.3 Å². The molecule has 0 bridgehead atoms. The van der Waals surface area contributed by atoms with Gasteiger partial charge >= 0.3 is 0 Å². The van der Waals surface area contributed by atoms with E-state index in [1.54, 1.807) is 31.4 Å². The summed E-state index contributed by atoms with van der Waals surface area (Å²) in [6.07, 6.45) is -0.0420. The fourth-order valence-electron chi connectivity index (χ4n) is 4.08. The maximum Gasteiger partial charge on any atom is 0.274 e. The van der Waals surface area contributed by atoms with Crippen LogP contribution in [0.15, 0.2) is 35.3 Å². The number of fused-ring (bicyclic) bond motifs is 1. The quantitative estimate of drug-likeness (QED) is 0.302. The van der Waals surface area contributed by atoms with Crippen molar-refractivity contribution in [3.63, 3.8) is 0 Å². The first-order valence-corrected chi connectivity index (χ1v) is 12.7. The number of H-pyrrole nitrogens is 1. The Morgan fingerprint density at radius 2 is 1.95 bits per heavy atom. The van der Waals surface area contributed by atoms with Crippen LogP contribution in [0.2, 0.25) is 0 Å². The molecule has 0 saturated carbocycles. The fraction of sp³-hybridized carbons (Fsp3) is 0.370. The Balaban J connectivity index is 1.94. The highest BCUT2D eigenvalue weighted by molar-refractivity contribution is 7.16. The van der Waals surface area contributed by atoms with Gasteiger partial charge in [-0.25, -0.2) is 9.37 Å². The number of aromatic nitrogens is 3. The van der Waals surface area contributed by atoms with Gasteiger partial charge in [-0.15, -0.1) is 11.3 Å². The summed E-state index contributed by atoms with van der Waals surface area (Å²) < 4.78 is 22.9. The van der Waals surface area contributed by atoms with E-state index in [2.05, 4.69) is 15.3 Å². The maximum absolute atomic E-state index is 15.3. The second kappa shape index (κ2) is 9.75. The lowest BCUT2D eigenvalue weighted by Gasteiger charge is -2.20.